The Kier molecular flexibility index (Phi) is 6.62. The largest absolute Gasteiger partial charge is 0.335 e. The molecule has 1 amide bonds. The molecule has 1 aliphatic carbocycles. The molecule has 4 aromatic rings. The van der Waals surface area contributed by atoms with Crippen LogP contribution in [0.5, 0.6) is 0 Å². The number of hydrogen-bond acceptors (Lipinski definition) is 5. The van der Waals surface area contributed by atoms with E-state index in [1.165, 1.54) is 17.8 Å². The van der Waals surface area contributed by atoms with E-state index >= 15 is 0 Å². The number of hydrogen-bond donors (Lipinski definition) is 0. The Morgan fingerprint density at radius 1 is 0.853 bits per heavy atom. The van der Waals surface area contributed by atoms with E-state index in [4.69, 9.17) is 4.98 Å². The third-order valence-electron chi connectivity index (χ3n) is 5.69. The van der Waals surface area contributed by atoms with E-state index in [9.17, 15) is 9.18 Å². The second-order valence-corrected chi connectivity index (χ2v) is 9.10. The van der Waals surface area contributed by atoms with Gasteiger partial charge in [0.15, 0.2) is 0 Å². The smallest absolute Gasteiger partial charge is 0.233 e. The zero-order valence-electron chi connectivity index (χ0n) is 18.5. The first-order valence-corrected chi connectivity index (χ1v) is 12.2. The van der Waals surface area contributed by atoms with Gasteiger partial charge in [-0.25, -0.2) is 9.37 Å². The van der Waals surface area contributed by atoms with Crippen molar-refractivity contribution < 1.29 is 9.18 Å². The molecule has 1 fully saturated rings. The Labute approximate surface area is 202 Å². The van der Waals surface area contributed by atoms with Crippen LogP contribution in [0.2, 0.25) is 0 Å². The Morgan fingerprint density at radius 3 is 2.12 bits per heavy atom. The first kappa shape index (κ1) is 22.2. The quantitative estimate of drug-likeness (QED) is 0.313. The molecule has 0 N–H and O–H groups in total. The number of amides is 1. The fraction of sp³-hybridized carbons (Fsp3) is 0.185. The van der Waals surface area contributed by atoms with Crippen molar-refractivity contribution in [3.8, 4) is 22.5 Å². The van der Waals surface area contributed by atoms with Crippen molar-refractivity contribution in [2.24, 2.45) is 0 Å². The summed E-state index contributed by atoms with van der Waals surface area (Å²) < 4.78 is 14.2. The van der Waals surface area contributed by atoms with Gasteiger partial charge in [-0.1, -0.05) is 90.6 Å². The maximum Gasteiger partial charge on any atom is 0.233 e. The second-order valence-electron chi connectivity index (χ2n) is 8.16. The lowest BCUT2D eigenvalue weighted by molar-refractivity contribution is -0.129. The van der Waals surface area contributed by atoms with E-state index in [-0.39, 0.29) is 30.1 Å². The molecule has 0 atom stereocenters. The molecular formula is C27H23FN4OS. The van der Waals surface area contributed by atoms with Gasteiger partial charge in [-0.3, -0.25) is 4.79 Å². The van der Waals surface area contributed by atoms with Gasteiger partial charge in [-0.05, 0) is 18.9 Å². The van der Waals surface area contributed by atoms with E-state index < -0.39 is 0 Å². The number of benzene rings is 3. The molecule has 1 saturated carbocycles. The summed E-state index contributed by atoms with van der Waals surface area (Å²) in [6.45, 7) is 0.276. The van der Waals surface area contributed by atoms with E-state index in [2.05, 4.69) is 10.2 Å². The molecule has 0 unspecified atom stereocenters. The molecule has 0 aliphatic heterocycles. The molecule has 0 radical (unpaired) electrons. The topological polar surface area (TPSA) is 59.0 Å². The van der Waals surface area contributed by atoms with E-state index in [1.54, 1.807) is 23.1 Å². The number of aromatic nitrogens is 3. The second kappa shape index (κ2) is 10.1. The van der Waals surface area contributed by atoms with Crippen molar-refractivity contribution in [3.63, 3.8) is 0 Å². The van der Waals surface area contributed by atoms with E-state index in [1.807, 2.05) is 60.7 Å². The molecule has 5 nitrogen and oxygen atoms in total. The lowest BCUT2D eigenvalue weighted by Crippen LogP contribution is -2.34. The summed E-state index contributed by atoms with van der Waals surface area (Å²) >= 11 is 1.26. The first-order chi connectivity index (χ1) is 16.7. The minimum absolute atomic E-state index is 0.0484. The molecule has 0 saturated heterocycles. The fourth-order valence-corrected chi connectivity index (χ4v) is 4.46. The number of carbonyl (C=O) groups is 1. The highest BCUT2D eigenvalue weighted by molar-refractivity contribution is 7.99. The van der Waals surface area contributed by atoms with Crippen molar-refractivity contribution in [2.45, 2.75) is 30.6 Å². The van der Waals surface area contributed by atoms with Crippen LogP contribution < -0.4 is 0 Å². The van der Waals surface area contributed by atoms with Gasteiger partial charge in [-0.15, -0.1) is 10.2 Å². The Morgan fingerprint density at radius 2 is 1.47 bits per heavy atom. The molecular weight excluding hydrogens is 447 g/mol. The third-order valence-corrected chi connectivity index (χ3v) is 6.52. The summed E-state index contributed by atoms with van der Waals surface area (Å²) in [5, 5.41) is 9.21. The summed E-state index contributed by atoms with van der Waals surface area (Å²) in [6.07, 6.45) is 1.90. The standard InChI is InChI=1S/C27H23FN4OS/c28-23-14-8-7-13-21(23)17-32(22-15-16-22)24(33)18-34-27-29-25(19-9-3-1-4-10-19)26(30-31-27)20-11-5-2-6-12-20/h1-14,22H,15-18H2. The summed E-state index contributed by atoms with van der Waals surface area (Å²) in [4.78, 5) is 19.6. The van der Waals surface area contributed by atoms with Crippen LogP contribution in [0.15, 0.2) is 90.1 Å². The van der Waals surface area contributed by atoms with Gasteiger partial charge >= 0.3 is 0 Å². The van der Waals surface area contributed by atoms with Crippen LogP contribution in [0, 0.1) is 5.82 Å². The molecule has 1 aliphatic rings. The molecule has 1 aromatic heterocycles. The molecule has 1 heterocycles. The highest BCUT2D eigenvalue weighted by atomic mass is 32.2. The molecule has 7 heteroatoms. The summed E-state index contributed by atoms with van der Waals surface area (Å²) in [6, 6.07) is 26.4. The summed E-state index contributed by atoms with van der Waals surface area (Å²) in [5.41, 5.74) is 3.82. The zero-order valence-corrected chi connectivity index (χ0v) is 19.3. The SMILES string of the molecule is O=C(CSc1nnc(-c2ccccc2)c(-c2ccccc2)n1)N(Cc1ccccc1F)C1CC1. The molecule has 170 valence electrons. The number of halogens is 1. The molecule has 34 heavy (non-hydrogen) atoms. The van der Waals surface area contributed by atoms with Gasteiger partial charge in [0, 0.05) is 29.3 Å². The molecule has 3 aromatic carbocycles. The predicted molar refractivity (Wildman–Crippen MR) is 131 cm³/mol. The maximum atomic E-state index is 14.2. The molecule has 0 spiro atoms. The van der Waals surface area contributed by atoms with Crippen molar-refractivity contribution in [3.05, 3.63) is 96.3 Å². The Bertz CT molecular complexity index is 1280. The zero-order chi connectivity index (χ0) is 23.3. The van der Waals surface area contributed by atoms with Crippen molar-refractivity contribution in [1.82, 2.24) is 20.1 Å². The van der Waals surface area contributed by atoms with Gasteiger partial charge < -0.3 is 4.90 Å². The number of carbonyl (C=O) groups excluding carboxylic acids is 1. The van der Waals surface area contributed by atoms with E-state index in [0.717, 1.165) is 29.7 Å². The van der Waals surface area contributed by atoms with Crippen LogP contribution in [-0.2, 0) is 11.3 Å². The van der Waals surface area contributed by atoms with Crippen LogP contribution >= 0.6 is 11.8 Å². The highest BCUT2D eigenvalue weighted by Gasteiger charge is 2.33. The normalized spacial score (nSPS) is 13.0. The van der Waals surface area contributed by atoms with Crippen LogP contribution in [-0.4, -0.2) is 37.8 Å². The Balaban J connectivity index is 1.36. The minimum Gasteiger partial charge on any atom is -0.335 e. The lowest BCUT2D eigenvalue weighted by atomic mass is 10.0. The average molecular weight is 471 g/mol. The maximum absolute atomic E-state index is 14.2. The van der Waals surface area contributed by atoms with Crippen LogP contribution in [0.25, 0.3) is 22.5 Å². The van der Waals surface area contributed by atoms with Crippen molar-refractivity contribution >= 4 is 17.7 Å². The lowest BCUT2D eigenvalue weighted by Gasteiger charge is -2.22. The number of thioether (sulfide) groups is 1. The van der Waals surface area contributed by atoms with Gasteiger partial charge in [0.2, 0.25) is 11.1 Å². The monoisotopic (exact) mass is 470 g/mol. The van der Waals surface area contributed by atoms with Gasteiger partial charge in [0.25, 0.3) is 0 Å². The predicted octanol–water partition coefficient (Wildman–Crippen LogP) is 5.63. The minimum atomic E-state index is -0.287. The van der Waals surface area contributed by atoms with Crippen LogP contribution in [0.3, 0.4) is 0 Å². The molecule has 0 bridgehead atoms. The highest BCUT2D eigenvalue weighted by Crippen LogP contribution is 2.32. The van der Waals surface area contributed by atoms with Crippen LogP contribution in [0.4, 0.5) is 4.39 Å². The van der Waals surface area contributed by atoms with E-state index in [0.29, 0.717) is 16.4 Å². The average Bonchev–Trinajstić information content (AvgIpc) is 3.73. The van der Waals surface area contributed by atoms with Gasteiger partial charge in [0.05, 0.1) is 5.75 Å². The summed E-state index contributed by atoms with van der Waals surface area (Å²) in [5.74, 6) is -0.163. The molecule has 5 rings (SSSR count). The van der Waals surface area contributed by atoms with Crippen molar-refractivity contribution in [1.29, 1.82) is 0 Å². The van der Waals surface area contributed by atoms with Crippen molar-refractivity contribution in [2.75, 3.05) is 5.75 Å². The number of rotatable bonds is 8. The summed E-state index contributed by atoms with van der Waals surface area (Å²) in [7, 11) is 0. The first-order valence-electron chi connectivity index (χ1n) is 11.2. The Hall–Kier alpha value is -3.58. The third kappa shape index (κ3) is 5.15. The van der Waals surface area contributed by atoms with Gasteiger partial charge in [0.1, 0.15) is 17.2 Å². The van der Waals surface area contributed by atoms with Gasteiger partial charge in [-0.2, -0.15) is 0 Å². The number of nitrogens with zero attached hydrogens (tertiary/aromatic N) is 4. The fourth-order valence-electron chi connectivity index (χ4n) is 3.79. The van der Waals surface area contributed by atoms with Crippen LogP contribution in [0.1, 0.15) is 18.4 Å².